The second kappa shape index (κ2) is 7.40. The molecule has 1 amide bonds. The van der Waals surface area contributed by atoms with E-state index in [1.165, 1.54) is 12.1 Å². The van der Waals surface area contributed by atoms with Crippen molar-refractivity contribution in [3.05, 3.63) is 65.9 Å². The summed E-state index contributed by atoms with van der Waals surface area (Å²) in [5, 5.41) is 14.2. The molecule has 0 atom stereocenters. The van der Waals surface area contributed by atoms with E-state index >= 15 is 0 Å². The van der Waals surface area contributed by atoms with E-state index in [2.05, 4.69) is 10.6 Å². The lowest BCUT2D eigenvalue weighted by Crippen LogP contribution is -2.14. The van der Waals surface area contributed by atoms with Gasteiger partial charge >= 0.3 is 6.18 Å². The van der Waals surface area contributed by atoms with Crippen molar-refractivity contribution < 1.29 is 18.0 Å². The molecule has 0 unspecified atom stereocenters. The van der Waals surface area contributed by atoms with Crippen molar-refractivity contribution in [3.8, 4) is 6.07 Å². The van der Waals surface area contributed by atoms with E-state index in [1.807, 2.05) is 0 Å². The van der Waals surface area contributed by atoms with Crippen LogP contribution in [0, 0.1) is 11.3 Å². The van der Waals surface area contributed by atoms with Crippen molar-refractivity contribution in [2.24, 2.45) is 0 Å². The molecule has 0 spiro atoms. The first-order valence-corrected chi connectivity index (χ1v) is 7.00. The lowest BCUT2D eigenvalue weighted by Gasteiger charge is -2.08. The first-order valence-electron chi connectivity index (χ1n) is 7.00. The third kappa shape index (κ3) is 5.00. The summed E-state index contributed by atoms with van der Waals surface area (Å²) in [5.74, 6) is -0.660. The quantitative estimate of drug-likeness (QED) is 0.447. The normalized spacial score (nSPS) is 11.5. The Kier molecular flexibility index (Phi) is 5.29. The first-order chi connectivity index (χ1) is 11.8. The van der Waals surface area contributed by atoms with Crippen molar-refractivity contribution in [2.75, 3.05) is 16.4 Å². The number of nitrogen functional groups attached to an aromatic ring is 1. The second-order valence-electron chi connectivity index (χ2n) is 4.97. The minimum atomic E-state index is -4.43. The van der Waals surface area contributed by atoms with Crippen LogP contribution in [0.2, 0.25) is 0 Å². The lowest BCUT2D eigenvalue weighted by molar-refractivity contribution is -0.137. The van der Waals surface area contributed by atoms with Crippen LogP contribution in [0.1, 0.15) is 5.56 Å². The van der Waals surface area contributed by atoms with Crippen molar-refractivity contribution in [2.45, 2.75) is 6.18 Å². The number of amides is 1. The van der Waals surface area contributed by atoms with Crippen molar-refractivity contribution in [1.82, 2.24) is 0 Å². The van der Waals surface area contributed by atoms with E-state index in [1.54, 1.807) is 30.3 Å². The molecule has 0 fully saturated rings. The number of nitriles is 1. The fourth-order valence-electron chi connectivity index (χ4n) is 1.82. The van der Waals surface area contributed by atoms with Gasteiger partial charge in [0.1, 0.15) is 11.6 Å². The fraction of sp³-hybridized carbons (Fsp3) is 0.0588. The van der Waals surface area contributed by atoms with Crippen molar-refractivity contribution in [1.29, 1.82) is 5.26 Å². The zero-order valence-electron chi connectivity index (χ0n) is 12.8. The SMILES string of the molecule is N#C/C(=C/Nc1ccc(C(F)(F)F)cc1)C(=O)Nc1ccc(N)cc1. The summed E-state index contributed by atoms with van der Waals surface area (Å²) < 4.78 is 37.5. The molecule has 128 valence electrons. The molecule has 2 aromatic rings. The van der Waals surface area contributed by atoms with Crippen LogP contribution >= 0.6 is 0 Å². The van der Waals surface area contributed by atoms with Crippen LogP contribution in [0.3, 0.4) is 0 Å². The van der Waals surface area contributed by atoms with Gasteiger partial charge in [0, 0.05) is 23.3 Å². The molecule has 0 heterocycles. The van der Waals surface area contributed by atoms with Gasteiger partial charge in [-0.1, -0.05) is 0 Å². The topological polar surface area (TPSA) is 90.9 Å². The number of anilines is 3. The molecule has 0 aliphatic rings. The van der Waals surface area contributed by atoms with Gasteiger partial charge in [-0.2, -0.15) is 18.4 Å². The number of halogens is 3. The Bertz CT molecular complexity index is 819. The molecule has 2 rings (SSSR count). The second-order valence-corrected chi connectivity index (χ2v) is 4.97. The standard InChI is InChI=1S/C17H13F3N4O/c18-17(19,20)12-1-5-14(6-2-12)23-10-11(9-21)16(25)24-15-7-3-13(22)4-8-15/h1-8,10,23H,22H2,(H,24,25)/b11-10-. The maximum atomic E-state index is 12.5. The number of carbonyl (C=O) groups excluding carboxylic acids is 1. The molecule has 0 aliphatic heterocycles. The van der Waals surface area contributed by atoms with Crippen LogP contribution < -0.4 is 16.4 Å². The highest BCUT2D eigenvalue weighted by Gasteiger charge is 2.29. The van der Waals surface area contributed by atoms with E-state index in [4.69, 9.17) is 11.0 Å². The molecular weight excluding hydrogens is 333 g/mol. The fourth-order valence-corrected chi connectivity index (χ4v) is 1.82. The van der Waals surface area contributed by atoms with E-state index in [9.17, 15) is 18.0 Å². The predicted molar refractivity (Wildman–Crippen MR) is 88.2 cm³/mol. The van der Waals surface area contributed by atoms with Crippen LogP contribution in [-0.2, 0) is 11.0 Å². The van der Waals surface area contributed by atoms with Gasteiger partial charge in [-0.3, -0.25) is 4.79 Å². The molecule has 2 aromatic carbocycles. The minimum absolute atomic E-state index is 0.239. The number of hydrogen-bond donors (Lipinski definition) is 3. The summed E-state index contributed by atoms with van der Waals surface area (Å²) in [7, 11) is 0. The van der Waals surface area contributed by atoms with Gasteiger partial charge in [0.2, 0.25) is 0 Å². The zero-order chi connectivity index (χ0) is 18.4. The van der Waals surface area contributed by atoms with Crippen molar-refractivity contribution >= 4 is 23.0 Å². The number of nitrogens with one attached hydrogen (secondary N) is 2. The molecule has 0 bridgehead atoms. The third-order valence-corrected chi connectivity index (χ3v) is 3.13. The maximum Gasteiger partial charge on any atom is 0.416 e. The summed E-state index contributed by atoms with van der Waals surface area (Å²) in [4.78, 5) is 12.0. The largest absolute Gasteiger partial charge is 0.416 e. The van der Waals surface area contributed by atoms with Gasteiger partial charge < -0.3 is 16.4 Å². The van der Waals surface area contributed by atoms with Crippen LogP contribution in [0.25, 0.3) is 0 Å². The van der Waals surface area contributed by atoms with E-state index in [0.717, 1.165) is 18.3 Å². The lowest BCUT2D eigenvalue weighted by atomic mass is 10.2. The van der Waals surface area contributed by atoms with Gasteiger partial charge in [0.05, 0.1) is 5.56 Å². The number of carbonyl (C=O) groups is 1. The Labute approximate surface area is 141 Å². The van der Waals surface area contributed by atoms with Gasteiger partial charge in [-0.25, -0.2) is 0 Å². The average Bonchev–Trinajstić information content (AvgIpc) is 2.57. The smallest absolute Gasteiger partial charge is 0.399 e. The predicted octanol–water partition coefficient (Wildman–Crippen LogP) is 3.75. The monoisotopic (exact) mass is 346 g/mol. The van der Waals surface area contributed by atoms with Gasteiger partial charge in [0.15, 0.2) is 0 Å². The molecule has 0 saturated heterocycles. The Morgan fingerprint density at radius 2 is 1.60 bits per heavy atom. The molecule has 0 radical (unpaired) electrons. The van der Waals surface area contributed by atoms with Gasteiger partial charge in [-0.05, 0) is 48.5 Å². The molecule has 5 nitrogen and oxygen atoms in total. The molecule has 25 heavy (non-hydrogen) atoms. The Morgan fingerprint density at radius 1 is 1.04 bits per heavy atom. The maximum absolute atomic E-state index is 12.5. The highest BCUT2D eigenvalue weighted by molar-refractivity contribution is 6.06. The minimum Gasteiger partial charge on any atom is -0.399 e. The molecule has 0 saturated carbocycles. The highest BCUT2D eigenvalue weighted by atomic mass is 19.4. The molecule has 8 heteroatoms. The Hall–Kier alpha value is -3.47. The van der Waals surface area contributed by atoms with Gasteiger partial charge in [-0.15, -0.1) is 0 Å². The zero-order valence-corrected chi connectivity index (χ0v) is 12.8. The van der Waals surface area contributed by atoms with E-state index in [-0.39, 0.29) is 5.57 Å². The first kappa shape index (κ1) is 17.9. The van der Waals surface area contributed by atoms with E-state index < -0.39 is 17.6 Å². The summed E-state index contributed by atoms with van der Waals surface area (Å²) in [6.45, 7) is 0. The highest BCUT2D eigenvalue weighted by Crippen LogP contribution is 2.29. The number of nitrogens with two attached hydrogens (primary N) is 1. The molecule has 4 N–H and O–H groups in total. The van der Waals surface area contributed by atoms with Crippen LogP contribution in [0.4, 0.5) is 30.2 Å². The summed E-state index contributed by atoms with van der Waals surface area (Å²) >= 11 is 0. The average molecular weight is 346 g/mol. The number of benzene rings is 2. The third-order valence-electron chi connectivity index (χ3n) is 3.13. The van der Waals surface area contributed by atoms with Gasteiger partial charge in [0.25, 0.3) is 5.91 Å². The van der Waals surface area contributed by atoms with E-state index in [0.29, 0.717) is 17.1 Å². The number of hydrogen-bond acceptors (Lipinski definition) is 4. The summed E-state index contributed by atoms with van der Waals surface area (Å²) in [5.41, 5.74) is 5.79. The number of nitrogens with zero attached hydrogens (tertiary/aromatic N) is 1. The Balaban J connectivity index is 2.05. The summed E-state index contributed by atoms with van der Waals surface area (Å²) in [6.07, 6.45) is -3.31. The van der Waals surface area contributed by atoms with Crippen LogP contribution in [0.5, 0.6) is 0 Å². The van der Waals surface area contributed by atoms with Crippen LogP contribution in [0.15, 0.2) is 60.3 Å². The number of rotatable bonds is 4. The number of alkyl halides is 3. The molecule has 0 aliphatic carbocycles. The molecular formula is C17H13F3N4O. The molecule has 0 aromatic heterocycles. The summed E-state index contributed by atoms with van der Waals surface area (Å²) in [6, 6.07) is 12.2. The van der Waals surface area contributed by atoms with Crippen LogP contribution in [-0.4, -0.2) is 5.91 Å². The van der Waals surface area contributed by atoms with Crippen molar-refractivity contribution in [3.63, 3.8) is 0 Å². The Morgan fingerprint density at radius 3 is 2.12 bits per heavy atom.